The van der Waals surface area contributed by atoms with Gasteiger partial charge in [-0.2, -0.15) is 10.3 Å². The molecule has 0 radical (unpaired) electrons. The smallest absolute Gasteiger partial charge is 0.358 e. The average Bonchev–Trinajstić information content (AvgIpc) is 2.87. The predicted molar refractivity (Wildman–Crippen MR) is 64.1 cm³/mol. The van der Waals surface area contributed by atoms with E-state index in [9.17, 15) is 4.79 Å². The van der Waals surface area contributed by atoms with E-state index < -0.39 is 5.97 Å². The number of aromatic amines is 1. The van der Waals surface area contributed by atoms with E-state index in [1.807, 2.05) is 24.3 Å². The largest absolute Gasteiger partial charge is 0.476 e. The third-order valence-electron chi connectivity index (χ3n) is 2.69. The lowest BCUT2D eigenvalue weighted by Crippen LogP contribution is -1.99. The predicted octanol–water partition coefficient (Wildman–Crippen LogP) is 1.72. The monoisotopic (exact) mass is 240 g/mol. The van der Waals surface area contributed by atoms with E-state index in [-0.39, 0.29) is 5.69 Å². The van der Waals surface area contributed by atoms with Crippen molar-refractivity contribution in [1.29, 1.82) is 0 Å². The van der Waals surface area contributed by atoms with E-state index in [0.717, 1.165) is 16.3 Å². The van der Waals surface area contributed by atoms with Crippen LogP contribution in [0.25, 0.3) is 22.0 Å². The van der Waals surface area contributed by atoms with Gasteiger partial charge in [-0.05, 0) is 11.5 Å². The summed E-state index contributed by atoms with van der Waals surface area (Å²) in [5, 5.41) is 20.8. The second kappa shape index (κ2) is 3.92. The van der Waals surface area contributed by atoms with E-state index in [0.29, 0.717) is 5.69 Å². The summed E-state index contributed by atoms with van der Waals surface area (Å²) in [7, 11) is 0. The molecule has 0 saturated carbocycles. The first-order valence-corrected chi connectivity index (χ1v) is 5.24. The molecule has 6 nitrogen and oxygen atoms in total. The third kappa shape index (κ3) is 1.51. The molecule has 0 saturated heterocycles. The van der Waals surface area contributed by atoms with Gasteiger partial charge in [0, 0.05) is 23.3 Å². The molecule has 1 aromatic carbocycles. The van der Waals surface area contributed by atoms with Gasteiger partial charge < -0.3 is 5.11 Å². The van der Waals surface area contributed by atoms with Gasteiger partial charge in [0.25, 0.3) is 0 Å². The zero-order valence-corrected chi connectivity index (χ0v) is 9.16. The second-order valence-corrected chi connectivity index (χ2v) is 3.73. The highest BCUT2D eigenvalue weighted by atomic mass is 16.4. The van der Waals surface area contributed by atoms with Crippen molar-refractivity contribution in [3.05, 3.63) is 42.4 Å². The molecule has 0 aliphatic heterocycles. The first-order chi connectivity index (χ1) is 8.77. The molecule has 18 heavy (non-hydrogen) atoms. The number of carboxylic acids is 1. The van der Waals surface area contributed by atoms with E-state index >= 15 is 0 Å². The van der Waals surface area contributed by atoms with Crippen molar-refractivity contribution in [2.45, 2.75) is 0 Å². The van der Waals surface area contributed by atoms with Gasteiger partial charge in [-0.1, -0.05) is 18.2 Å². The van der Waals surface area contributed by atoms with Gasteiger partial charge in [0.1, 0.15) is 5.69 Å². The minimum atomic E-state index is -1.11. The van der Waals surface area contributed by atoms with Crippen LogP contribution in [0, 0.1) is 0 Å². The zero-order valence-electron chi connectivity index (χ0n) is 9.16. The van der Waals surface area contributed by atoms with Crippen molar-refractivity contribution < 1.29 is 9.90 Å². The van der Waals surface area contributed by atoms with Gasteiger partial charge in [-0.25, -0.2) is 4.79 Å². The Labute approximate surface area is 101 Å². The standard InChI is InChI=1S/C12H8N4O2/c17-12(18)11-10(14-16-15-11)9-3-1-2-7-6-13-5-4-8(7)9/h1-6H,(H,17,18)(H,14,15,16). The maximum atomic E-state index is 11.1. The summed E-state index contributed by atoms with van der Waals surface area (Å²) < 4.78 is 0. The first kappa shape index (κ1) is 10.4. The average molecular weight is 240 g/mol. The van der Waals surface area contributed by atoms with Gasteiger partial charge in [0.15, 0.2) is 5.69 Å². The molecule has 0 amide bonds. The number of hydrogen-bond acceptors (Lipinski definition) is 4. The number of nitrogens with one attached hydrogen (secondary N) is 1. The number of aromatic carboxylic acids is 1. The number of fused-ring (bicyclic) bond motifs is 1. The van der Waals surface area contributed by atoms with E-state index in [4.69, 9.17) is 5.11 Å². The minimum absolute atomic E-state index is 0.0840. The molecule has 0 bridgehead atoms. The third-order valence-corrected chi connectivity index (χ3v) is 2.69. The van der Waals surface area contributed by atoms with Gasteiger partial charge in [-0.15, -0.1) is 5.10 Å². The van der Waals surface area contributed by atoms with Crippen LogP contribution in [0.15, 0.2) is 36.7 Å². The minimum Gasteiger partial charge on any atom is -0.476 e. The van der Waals surface area contributed by atoms with Gasteiger partial charge >= 0.3 is 5.97 Å². The van der Waals surface area contributed by atoms with Crippen LogP contribution in [0.2, 0.25) is 0 Å². The molecular weight excluding hydrogens is 232 g/mol. The Morgan fingerprint density at radius 2 is 2.11 bits per heavy atom. The van der Waals surface area contributed by atoms with Crippen molar-refractivity contribution >= 4 is 16.7 Å². The maximum Gasteiger partial charge on any atom is 0.358 e. The summed E-state index contributed by atoms with van der Waals surface area (Å²) in [5.74, 6) is -1.11. The number of pyridine rings is 1. The summed E-state index contributed by atoms with van der Waals surface area (Å²) in [6.07, 6.45) is 3.38. The molecule has 0 atom stereocenters. The molecule has 3 aromatic rings. The number of rotatable bonds is 2. The van der Waals surface area contributed by atoms with Crippen LogP contribution >= 0.6 is 0 Å². The van der Waals surface area contributed by atoms with Crippen molar-refractivity contribution in [3.63, 3.8) is 0 Å². The van der Waals surface area contributed by atoms with Crippen LogP contribution in [0.1, 0.15) is 10.5 Å². The van der Waals surface area contributed by atoms with Crippen LogP contribution in [-0.4, -0.2) is 31.5 Å². The Balaban J connectivity index is 2.32. The van der Waals surface area contributed by atoms with Crippen LogP contribution < -0.4 is 0 Å². The van der Waals surface area contributed by atoms with Crippen LogP contribution in [0.4, 0.5) is 0 Å². The Hall–Kier alpha value is -2.76. The normalized spacial score (nSPS) is 10.7. The number of carboxylic acid groups (broad SMARTS) is 1. The second-order valence-electron chi connectivity index (χ2n) is 3.73. The molecule has 0 aliphatic rings. The number of nitrogens with zero attached hydrogens (tertiary/aromatic N) is 3. The van der Waals surface area contributed by atoms with Gasteiger partial charge in [0.2, 0.25) is 0 Å². The highest BCUT2D eigenvalue weighted by molar-refractivity contribution is 6.00. The van der Waals surface area contributed by atoms with E-state index in [1.165, 1.54) is 0 Å². The fourth-order valence-electron chi connectivity index (χ4n) is 1.90. The first-order valence-electron chi connectivity index (χ1n) is 5.24. The molecule has 2 aromatic heterocycles. The SMILES string of the molecule is O=C(O)c1n[nH]nc1-c1cccc2cnccc12. The van der Waals surface area contributed by atoms with Crippen LogP contribution in [-0.2, 0) is 0 Å². The Morgan fingerprint density at radius 3 is 2.94 bits per heavy atom. The van der Waals surface area contributed by atoms with Crippen molar-refractivity contribution in [1.82, 2.24) is 20.4 Å². The number of carbonyl (C=O) groups is 1. The molecule has 88 valence electrons. The van der Waals surface area contributed by atoms with E-state index in [2.05, 4.69) is 20.4 Å². The maximum absolute atomic E-state index is 11.1. The highest BCUT2D eigenvalue weighted by Gasteiger charge is 2.18. The lowest BCUT2D eigenvalue weighted by atomic mass is 10.0. The number of H-pyrrole nitrogens is 1. The van der Waals surface area contributed by atoms with Crippen LogP contribution in [0.5, 0.6) is 0 Å². The summed E-state index contributed by atoms with van der Waals surface area (Å²) >= 11 is 0. The summed E-state index contributed by atoms with van der Waals surface area (Å²) in [6.45, 7) is 0. The molecule has 0 fully saturated rings. The van der Waals surface area contributed by atoms with Crippen LogP contribution in [0.3, 0.4) is 0 Å². The summed E-state index contributed by atoms with van der Waals surface area (Å²) in [4.78, 5) is 15.1. The number of hydrogen-bond donors (Lipinski definition) is 2. The van der Waals surface area contributed by atoms with E-state index in [1.54, 1.807) is 12.4 Å². The molecule has 0 unspecified atom stereocenters. The Bertz CT molecular complexity index is 730. The molecule has 6 heteroatoms. The molecule has 0 spiro atoms. The van der Waals surface area contributed by atoms with Crippen molar-refractivity contribution in [2.75, 3.05) is 0 Å². The van der Waals surface area contributed by atoms with Crippen molar-refractivity contribution in [2.24, 2.45) is 0 Å². The Kier molecular flexibility index (Phi) is 2.26. The topological polar surface area (TPSA) is 91.8 Å². The molecule has 0 aliphatic carbocycles. The molecule has 3 rings (SSSR count). The molecular formula is C12H8N4O2. The highest BCUT2D eigenvalue weighted by Crippen LogP contribution is 2.27. The fraction of sp³-hybridized carbons (Fsp3) is 0. The Morgan fingerprint density at radius 1 is 1.22 bits per heavy atom. The molecule has 2 heterocycles. The van der Waals surface area contributed by atoms with Gasteiger partial charge in [0.05, 0.1) is 0 Å². The number of benzene rings is 1. The summed E-state index contributed by atoms with van der Waals surface area (Å²) in [6, 6.07) is 7.38. The van der Waals surface area contributed by atoms with Gasteiger partial charge in [-0.3, -0.25) is 4.98 Å². The molecule has 2 N–H and O–H groups in total. The lowest BCUT2D eigenvalue weighted by Gasteiger charge is -2.03. The van der Waals surface area contributed by atoms with Crippen molar-refractivity contribution in [3.8, 4) is 11.3 Å². The zero-order chi connectivity index (χ0) is 12.5. The fourth-order valence-corrected chi connectivity index (χ4v) is 1.90. The number of aromatic nitrogens is 4. The quantitative estimate of drug-likeness (QED) is 0.711. The summed E-state index contributed by atoms with van der Waals surface area (Å²) in [5.41, 5.74) is 0.972. The lowest BCUT2D eigenvalue weighted by molar-refractivity contribution is 0.0691.